The molecule has 156 valence electrons. The molecule has 0 amide bonds. The highest BCUT2D eigenvalue weighted by atomic mass is 16.5. The van der Waals surface area contributed by atoms with Gasteiger partial charge in [-0.05, 0) is 42.0 Å². The molecule has 0 spiro atoms. The molecule has 0 saturated carbocycles. The molecule has 2 heterocycles. The zero-order valence-corrected chi connectivity index (χ0v) is 17.4. The Bertz CT molecular complexity index is 1260. The first kappa shape index (κ1) is 20.7. The second kappa shape index (κ2) is 9.07. The van der Waals surface area contributed by atoms with E-state index in [9.17, 15) is 4.79 Å². The first-order chi connectivity index (χ1) is 15.5. The highest BCUT2D eigenvalue weighted by molar-refractivity contribution is 5.96. The smallest absolute Gasteiger partial charge is 0.346 e. The summed E-state index contributed by atoms with van der Waals surface area (Å²) in [6.45, 7) is 0. The fourth-order valence-electron chi connectivity index (χ4n) is 3.39. The Morgan fingerprint density at radius 1 is 0.906 bits per heavy atom. The Hall–Kier alpha value is -4.56. The largest absolute Gasteiger partial charge is 0.477 e. The maximum absolute atomic E-state index is 11.2. The molecule has 0 aliphatic carbocycles. The van der Waals surface area contributed by atoms with E-state index in [0.29, 0.717) is 5.69 Å². The van der Waals surface area contributed by atoms with E-state index in [1.165, 1.54) is 6.08 Å². The van der Waals surface area contributed by atoms with Crippen molar-refractivity contribution in [3.8, 4) is 6.07 Å². The lowest BCUT2D eigenvalue weighted by molar-refractivity contribution is -0.132. The van der Waals surface area contributed by atoms with Crippen molar-refractivity contribution in [2.75, 3.05) is 0 Å². The highest BCUT2D eigenvalue weighted by Crippen LogP contribution is 2.32. The van der Waals surface area contributed by atoms with Gasteiger partial charge in [0, 0.05) is 29.6 Å². The number of carboxylic acid groups (broad SMARTS) is 1. The molecular weight excluding hydrogens is 400 g/mol. The van der Waals surface area contributed by atoms with Gasteiger partial charge >= 0.3 is 5.97 Å². The number of allylic oxidation sites excluding steroid dienone is 3. The van der Waals surface area contributed by atoms with Crippen LogP contribution in [0.15, 0.2) is 96.1 Å². The molecule has 0 fully saturated rings. The number of hydrogen-bond acceptors (Lipinski definition) is 3. The number of aromatic nitrogens is 1. The van der Waals surface area contributed by atoms with Crippen molar-refractivity contribution in [1.29, 1.82) is 5.26 Å². The normalized spacial score (nSPS) is 13.5. The van der Waals surface area contributed by atoms with Gasteiger partial charge in [0.05, 0.1) is 0 Å². The van der Waals surface area contributed by atoms with Crippen molar-refractivity contribution in [3.63, 3.8) is 0 Å². The Balaban J connectivity index is 1.77. The number of carboxylic acids is 1. The summed E-state index contributed by atoms with van der Waals surface area (Å²) in [7, 11) is 1.83. The molecule has 32 heavy (non-hydrogen) atoms. The zero-order chi connectivity index (χ0) is 22.5. The van der Waals surface area contributed by atoms with Crippen molar-refractivity contribution < 1.29 is 14.6 Å². The summed E-state index contributed by atoms with van der Waals surface area (Å²) in [4.78, 5) is 11.2. The molecule has 2 aromatic carbocycles. The summed E-state index contributed by atoms with van der Waals surface area (Å²) in [5, 5.41) is 18.2. The van der Waals surface area contributed by atoms with Gasteiger partial charge in [0.1, 0.15) is 23.2 Å². The van der Waals surface area contributed by atoms with Crippen molar-refractivity contribution in [2.24, 2.45) is 7.05 Å². The highest BCUT2D eigenvalue weighted by Gasteiger charge is 2.15. The van der Waals surface area contributed by atoms with Crippen LogP contribution in [0.5, 0.6) is 0 Å². The van der Waals surface area contributed by atoms with Gasteiger partial charge in [-0.15, -0.1) is 0 Å². The molecule has 0 bridgehead atoms. The Morgan fingerprint density at radius 2 is 1.44 bits per heavy atom. The van der Waals surface area contributed by atoms with Crippen LogP contribution in [0.25, 0.3) is 23.7 Å². The molecule has 0 atom stereocenters. The molecule has 1 aliphatic heterocycles. The van der Waals surface area contributed by atoms with E-state index in [1.807, 2.05) is 96.6 Å². The SMILES string of the molecule is Cn1c(C=C2C=C(c3ccccc3)OC(c3ccccc3)=C2)ccc1/C=C(/C#N)C(=O)O. The van der Waals surface area contributed by atoms with E-state index in [1.54, 1.807) is 12.1 Å². The van der Waals surface area contributed by atoms with Crippen LogP contribution in [0, 0.1) is 11.3 Å². The van der Waals surface area contributed by atoms with Crippen LogP contribution in [-0.2, 0) is 16.6 Å². The van der Waals surface area contributed by atoms with Crippen LogP contribution in [0.1, 0.15) is 22.5 Å². The number of carbonyl (C=O) groups is 1. The summed E-state index contributed by atoms with van der Waals surface area (Å²) < 4.78 is 8.06. The lowest BCUT2D eigenvalue weighted by atomic mass is 10.0. The summed E-state index contributed by atoms with van der Waals surface area (Å²) in [5.74, 6) is 0.235. The molecule has 1 N–H and O–H groups in total. The van der Waals surface area contributed by atoms with E-state index in [-0.39, 0.29) is 5.57 Å². The Morgan fingerprint density at radius 3 is 1.94 bits per heavy atom. The maximum Gasteiger partial charge on any atom is 0.346 e. The number of ether oxygens (including phenoxy) is 1. The van der Waals surface area contributed by atoms with Gasteiger partial charge in [-0.3, -0.25) is 0 Å². The number of hydrogen-bond donors (Lipinski definition) is 1. The molecular formula is C27H20N2O3. The summed E-state index contributed by atoms with van der Waals surface area (Å²) in [5.41, 5.74) is 4.05. The third-order valence-corrected chi connectivity index (χ3v) is 5.09. The topological polar surface area (TPSA) is 75.2 Å². The van der Waals surface area contributed by atoms with Gasteiger partial charge in [0.15, 0.2) is 0 Å². The average molecular weight is 420 g/mol. The van der Waals surface area contributed by atoms with Crippen LogP contribution < -0.4 is 0 Å². The second-order valence-corrected chi connectivity index (χ2v) is 7.21. The van der Waals surface area contributed by atoms with Gasteiger partial charge in [-0.2, -0.15) is 5.26 Å². The van der Waals surface area contributed by atoms with Gasteiger partial charge in [0.2, 0.25) is 0 Å². The lowest BCUT2D eigenvalue weighted by Gasteiger charge is -2.19. The van der Waals surface area contributed by atoms with Crippen molar-refractivity contribution in [2.45, 2.75) is 0 Å². The van der Waals surface area contributed by atoms with Gasteiger partial charge < -0.3 is 14.4 Å². The molecule has 4 rings (SSSR count). The van der Waals surface area contributed by atoms with Crippen molar-refractivity contribution in [1.82, 2.24) is 4.57 Å². The van der Waals surface area contributed by atoms with E-state index >= 15 is 0 Å². The summed E-state index contributed by atoms with van der Waals surface area (Å²) >= 11 is 0. The predicted octanol–water partition coefficient (Wildman–Crippen LogP) is 5.51. The van der Waals surface area contributed by atoms with Crippen LogP contribution in [-0.4, -0.2) is 15.6 Å². The quantitative estimate of drug-likeness (QED) is 0.436. The number of rotatable bonds is 5. The van der Waals surface area contributed by atoms with Crippen LogP contribution in [0.3, 0.4) is 0 Å². The molecule has 0 radical (unpaired) electrons. The van der Waals surface area contributed by atoms with Crippen molar-refractivity contribution in [3.05, 3.63) is 119 Å². The maximum atomic E-state index is 11.2. The fourth-order valence-corrected chi connectivity index (χ4v) is 3.39. The van der Waals surface area contributed by atoms with Crippen LogP contribution in [0.4, 0.5) is 0 Å². The Kier molecular flexibility index (Phi) is 5.87. The number of nitriles is 1. The molecule has 3 aromatic rings. The van der Waals surface area contributed by atoms with E-state index in [2.05, 4.69) is 0 Å². The third kappa shape index (κ3) is 4.45. The number of nitrogens with zero attached hydrogens (tertiary/aromatic N) is 2. The predicted molar refractivity (Wildman–Crippen MR) is 125 cm³/mol. The number of benzene rings is 2. The fraction of sp³-hybridized carbons (Fsp3) is 0.0370. The molecule has 5 nitrogen and oxygen atoms in total. The molecule has 5 heteroatoms. The minimum absolute atomic E-state index is 0.311. The van der Waals surface area contributed by atoms with Crippen LogP contribution >= 0.6 is 0 Å². The molecule has 0 unspecified atom stereocenters. The van der Waals surface area contributed by atoms with E-state index in [0.717, 1.165) is 33.9 Å². The standard InChI is InChI=1S/C27H20N2O3/c1-29-23(12-13-24(29)17-22(18-28)27(30)31)14-19-15-25(20-8-4-2-5-9-20)32-26(16-19)21-10-6-3-7-11-21/h2-17H,1H3,(H,30,31)/b22-17-. The average Bonchev–Trinajstić information content (AvgIpc) is 3.17. The lowest BCUT2D eigenvalue weighted by Crippen LogP contribution is -2.01. The molecule has 1 aromatic heterocycles. The third-order valence-electron chi connectivity index (χ3n) is 5.09. The molecule has 0 saturated heterocycles. The minimum atomic E-state index is -1.25. The summed E-state index contributed by atoms with van der Waals surface area (Å²) in [6, 6.07) is 25.2. The van der Waals surface area contributed by atoms with Gasteiger partial charge in [-0.25, -0.2) is 4.79 Å². The second-order valence-electron chi connectivity index (χ2n) is 7.21. The minimum Gasteiger partial charge on any atom is -0.477 e. The van der Waals surface area contributed by atoms with Gasteiger partial charge in [0.25, 0.3) is 0 Å². The van der Waals surface area contributed by atoms with Crippen LogP contribution in [0.2, 0.25) is 0 Å². The van der Waals surface area contributed by atoms with E-state index in [4.69, 9.17) is 15.1 Å². The summed E-state index contributed by atoms with van der Waals surface area (Å²) in [6.07, 6.45) is 7.31. The van der Waals surface area contributed by atoms with E-state index < -0.39 is 5.97 Å². The first-order valence-corrected chi connectivity index (χ1v) is 10.00. The van der Waals surface area contributed by atoms with Gasteiger partial charge in [-0.1, -0.05) is 60.7 Å². The Labute approximate surface area is 186 Å². The van der Waals surface area contributed by atoms with Crippen molar-refractivity contribution >= 4 is 29.6 Å². The molecule has 1 aliphatic rings. The zero-order valence-electron chi connectivity index (χ0n) is 17.4. The first-order valence-electron chi connectivity index (χ1n) is 10.00. The monoisotopic (exact) mass is 420 g/mol. The number of aliphatic carboxylic acids is 1.